The van der Waals surface area contributed by atoms with Gasteiger partial charge in [0.1, 0.15) is 22.7 Å². The lowest BCUT2D eigenvalue weighted by atomic mass is 10.0. The van der Waals surface area contributed by atoms with Gasteiger partial charge < -0.3 is 9.67 Å². The minimum atomic E-state index is -0.955. The lowest BCUT2D eigenvalue weighted by molar-refractivity contribution is 0.0702. The molecule has 8 nitrogen and oxygen atoms in total. The van der Waals surface area contributed by atoms with E-state index in [2.05, 4.69) is 10.2 Å². The van der Waals surface area contributed by atoms with E-state index in [0.717, 1.165) is 16.7 Å². The Hall–Kier alpha value is -3.85. The molecule has 1 aliphatic rings. The third-order valence-corrected chi connectivity index (χ3v) is 6.35. The predicted molar refractivity (Wildman–Crippen MR) is 121 cm³/mol. The first kappa shape index (κ1) is 20.1. The summed E-state index contributed by atoms with van der Waals surface area (Å²) in [6.45, 7) is 4.51. The van der Waals surface area contributed by atoms with E-state index in [1.165, 1.54) is 11.3 Å². The number of hydrogen-bond acceptors (Lipinski definition) is 6. The minimum absolute atomic E-state index is 0.134. The molecule has 0 saturated heterocycles. The zero-order valence-corrected chi connectivity index (χ0v) is 18.2. The highest BCUT2D eigenvalue weighted by molar-refractivity contribution is 7.12. The van der Waals surface area contributed by atoms with Crippen molar-refractivity contribution in [3.05, 3.63) is 70.2 Å². The fourth-order valence-electron chi connectivity index (χ4n) is 3.77. The van der Waals surface area contributed by atoms with Gasteiger partial charge in [0.05, 0.1) is 6.54 Å². The van der Waals surface area contributed by atoms with Gasteiger partial charge in [-0.2, -0.15) is 0 Å². The van der Waals surface area contributed by atoms with Gasteiger partial charge in [0, 0.05) is 11.6 Å². The molecule has 4 aromatic rings. The standard InChI is InChI=1S/C23H19N5O3S/c1-13(2)28-12-24-26-21(28)18-4-3-5-20(25-18)27-10-15-7-6-14(8-17(15)22(27)29)16-9-19(23(30)31)32-11-16/h3-9,11-13H,10H2,1-2H3,(H,30,31). The molecule has 1 N–H and O–H groups in total. The highest BCUT2D eigenvalue weighted by Crippen LogP contribution is 2.33. The third-order valence-electron chi connectivity index (χ3n) is 5.43. The first-order chi connectivity index (χ1) is 15.4. The second-order valence-electron chi connectivity index (χ2n) is 7.80. The summed E-state index contributed by atoms with van der Waals surface area (Å²) in [6, 6.07) is 13.0. The molecule has 0 aliphatic carbocycles. The monoisotopic (exact) mass is 445 g/mol. The molecule has 160 valence electrons. The van der Waals surface area contributed by atoms with Crippen molar-refractivity contribution in [2.75, 3.05) is 4.90 Å². The lowest BCUT2D eigenvalue weighted by Crippen LogP contribution is -2.24. The number of nitrogens with zero attached hydrogens (tertiary/aromatic N) is 5. The Kier molecular flexibility index (Phi) is 4.82. The van der Waals surface area contributed by atoms with Gasteiger partial charge in [0.15, 0.2) is 5.82 Å². The fourth-order valence-corrected chi connectivity index (χ4v) is 4.52. The number of anilines is 1. The first-order valence-electron chi connectivity index (χ1n) is 10.1. The molecule has 0 bridgehead atoms. The average molecular weight is 446 g/mol. The van der Waals surface area contributed by atoms with Crippen LogP contribution in [0.3, 0.4) is 0 Å². The van der Waals surface area contributed by atoms with Crippen LogP contribution in [0, 0.1) is 0 Å². The Morgan fingerprint density at radius 1 is 1.16 bits per heavy atom. The van der Waals surface area contributed by atoms with E-state index in [9.17, 15) is 14.7 Å². The van der Waals surface area contributed by atoms with Crippen molar-refractivity contribution in [2.24, 2.45) is 0 Å². The van der Waals surface area contributed by atoms with Crippen LogP contribution in [-0.4, -0.2) is 36.7 Å². The van der Waals surface area contributed by atoms with E-state index in [-0.39, 0.29) is 16.8 Å². The largest absolute Gasteiger partial charge is 0.477 e. The summed E-state index contributed by atoms with van der Waals surface area (Å²) < 4.78 is 1.94. The molecule has 32 heavy (non-hydrogen) atoms. The van der Waals surface area contributed by atoms with E-state index < -0.39 is 5.97 Å². The Labute approximate surface area is 187 Å². The Balaban J connectivity index is 1.46. The van der Waals surface area contributed by atoms with Gasteiger partial charge in [-0.1, -0.05) is 18.2 Å². The van der Waals surface area contributed by atoms with E-state index >= 15 is 0 Å². The summed E-state index contributed by atoms with van der Waals surface area (Å²) in [5.41, 5.74) is 3.76. The molecule has 5 rings (SSSR count). The fraction of sp³-hybridized carbons (Fsp3) is 0.174. The zero-order valence-electron chi connectivity index (χ0n) is 17.4. The highest BCUT2D eigenvalue weighted by atomic mass is 32.1. The van der Waals surface area contributed by atoms with Crippen molar-refractivity contribution in [1.29, 1.82) is 0 Å². The molecule has 0 radical (unpaired) electrons. The van der Waals surface area contributed by atoms with Crippen LogP contribution in [0.15, 0.2) is 54.2 Å². The molecule has 0 saturated carbocycles. The number of benzene rings is 1. The van der Waals surface area contributed by atoms with E-state index in [4.69, 9.17) is 4.98 Å². The first-order valence-corrected chi connectivity index (χ1v) is 10.9. The maximum Gasteiger partial charge on any atom is 0.345 e. The third kappa shape index (κ3) is 3.36. The molecule has 9 heteroatoms. The number of carboxylic acid groups (broad SMARTS) is 1. The topological polar surface area (TPSA) is 101 Å². The number of rotatable bonds is 5. The van der Waals surface area contributed by atoms with E-state index in [1.807, 2.05) is 54.8 Å². The Morgan fingerprint density at radius 3 is 2.75 bits per heavy atom. The summed E-state index contributed by atoms with van der Waals surface area (Å²) in [4.78, 5) is 31.0. The number of pyridine rings is 1. The molecule has 1 amide bonds. The van der Waals surface area contributed by atoms with Crippen LogP contribution in [0.1, 0.15) is 45.5 Å². The van der Waals surface area contributed by atoms with E-state index in [0.29, 0.717) is 29.4 Å². The second kappa shape index (κ2) is 7.69. The normalized spacial score (nSPS) is 13.1. The number of amides is 1. The van der Waals surface area contributed by atoms with Crippen molar-refractivity contribution < 1.29 is 14.7 Å². The maximum atomic E-state index is 13.2. The number of aromatic carboxylic acids is 1. The van der Waals surface area contributed by atoms with Crippen LogP contribution in [0.25, 0.3) is 22.6 Å². The second-order valence-corrected chi connectivity index (χ2v) is 8.72. The number of thiophene rings is 1. The SMILES string of the molecule is CC(C)n1cnnc1-c1cccc(N2Cc3ccc(-c4csc(C(=O)O)c4)cc3C2=O)n1. The van der Waals surface area contributed by atoms with Crippen molar-refractivity contribution in [3.63, 3.8) is 0 Å². The Morgan fingerprint density at radius 2 is 2.00 bits per heavy atom. The van der Waals surface area contributed by atoms with Gasteiger partial charge in [-0.3, -0.25) is 9.69 Å². The quantitative estimate of drug-likeness (QED) is 0.485. The summed E-state index contributed by atoms with van der Waals surface area (Å²) in [5.74, 6) is 0.113. The van der Waals surface area contributed by atoms with Crippen molar-refractivity contribution in [3.8, 4) is 22.6 Å². The molecule has 4 heterocycles. The van der Waals surface area contributed by atoms with Gasteiger partial charge in [0.2, 0.25) is 0 Å². The van der Waals surface area contributed by atoms with Gasteiger partial charge in [0.25, 0.3) is 5.91 Å². The van der Waals surface area contributed by atoms with Crippen LogP contribution in [-0.2, 0) is 6.54 Å². The summed E-state index contributed by atoms with van der Waals surface area (Å²) in [5, 5.41) is 19.2. The summed E-state index contributed by atoms with van der Waals surface area (Å²) >= 11 is 1.17. The molecule has 1 aromatic carbocycles. The summed E-state index contributed by atoms with van der Waals surface area (Å²) in [7, 11) is 0. The molecule has 0 atom stereocenters. The number of aromatic nitrogens is 4. The number of hydrogen-bond donors (Lipinski definition) is 1. The molecule has 1 aliphatic heterocycles. The van der Waals surface area contributed by atoms with Crippen LogP contribution in [0.5, 0.6) is 0 Å². The molecule has 0 unspecified atom stereocenters. The average Bonchev–Trinajstić information content (AvgIpc) is 3.52. The predicted octanol–water partition coefficient (Wildman–Crippen LogP) is 4.51. The van der Waals surface area contributed by atoms with E-state index in [1.54, 1.807) is 22.7 Å². The molecular formula is C23H19N5O3S. The number of carbonyl (C=O) groups is 2. The van der Waals surface area contributed by atoms with Crippen LogP contribution in [0.2, 0.25) is 0 Å². The number of carbonyl (C=O) groups excluding carboxylic acids is 1. The van der Waals surface area contributed by atoms with Crippen LogP contribution in [0.4, 0.5) is 5.82 Å². The lowest BCUT2D eigenvalue weighted by Gasteiger charge is -2.16. The smallest absolute Gasteiger partial charge is 0.345 e. The van der Waals surface area contributed by atoms with Crippen molar-refractivity contribution >= 4 is 29.0 Å². The number of carboxylic acids is 1. The van der Waals surface area contributed by atoms with Crippen molar-refractivity contribution in [1.82, 2.24) is 19.7 Å². The number of fused-ring (bicyclic) bond motifs is 1. The maximum absolute atomic E-state index is 13.2. The van der Waals surface area contributed by atoms with Gasteiger partial charge in [-0.25, -0.2) is 9.78 Å². The van der Waals surface area contributed by atoms with Crippen LogP contribution >= 0.6 is 11.3 Å². The van der Waals surface area contributed by atoms with Crippen LogP contribution < -0.4 is 4.90 Å². The highest BCUT2D eigenvalue weighted by Gasteiger charge is 2.30. The molecule has 0 fully saturated rings. The molecular weight excluding hydrogens is 426 g/mol. The van der Waals surface area contributed by atoms with Gasteiger partial charge >= 0.3 is 5.97 Å². The zero-order chi connectivity index (χ0) is 22.4. The minimum Gasteiger partial charge on any atom is -0.477 e. The van der Waals surface area contributed by atoms with Gasteiger partial charge in [-0.15, -0.1) is 21.5 Å². The molecule has 3 aromatic heterocycles. The van der Waals surface area contributed by atoms with Gasteiger partial charge in [-0.05, 0) is 60.2 Å². The van der Waals surface area contributed by atoms with Crippen molar-refractivity contribution in [2.45, 2.75) is 26.4 Å². The Bertz CT molecular complexity index is 1360. The summed E-state index contributed by atoms with van der Waals surface area (Å²) in [6.07, 6.45) is 1.67. The molecule has 0 spiro atoms.